The van der Waals surface area contributed by atoms with Crippen LogP contribution in [-0.4, -0.2) is 4.98 Å². The number of allylic oxidation sites excluding steroid dienone is 1. The molecule has 0 aliphatic heterocycles. The van der Waals surface area contributed by atoms with Crippen LogP contribution in [-0.2, 0) is 0 Å². The number of aromatic nitrogens is 1. The quantitative estimate of drug-likeness (QED) is 0.206. The van der Waals surface area contributed by atoms with Crippen molar-refractivity contribution in [2.45, 2.75) is 0 Å². The van der Waals surface area contributed by atoms with E-state index < -0.39 is 5.63 Å². The van der Waals surface area contributed by atoms with Crippen molar-refractivity contribution in [1.29, 1.82) is 5.26 Å². The van der Waals surface area contributed by atoms with Gasteiger partial charge in [-0.25, -0.2) is 9.78 Å². The first-order chi connectivity index (χ1) is 15.1. The second-order valence-electron chi connectivity index (χ2n) is 6.91. The smallest absolute Gasteiger partial charge is 0.345 e. The molecule has 148 valence electrons. The number of rotatable bonds is 3. The summed E-state index contributed by atoms with van der Waals surface area (Å²) in [4.78, 5) is 17.1. The van der Waals surface area contributed by atoms with Crippen LogP contribution in [0, 0.1) is 11.3 Å². The molecule has 0 atom stereocenters. The molecule has 0 saturated carbocycles. The zero-order chi connectivity index (χ0) is 21.4. The molecule has 5 rings (SSSR count). The van der Waals surface area contributed by atoms with E-state index in [4.69, 9.17) is 4.42 Å². The number of hydrogen-bond donors (Lipinski definition) is 0. The molecule has 0 saturated heterocycles. The van der Waals surface area contributed by atoms with Gasteiger partial charge < -0.3 is 4.42 Å². The highest BCUT2D eigenvalue weighted by Gasteiger charge is 2.14. The minimum absolute atomic E-state index is 0.371. The monoisotopic (exact) mass is 484 g/mol. The number of fused-ring (bicyclic) bond motifs is 2. The summed E-state index contributed by atoms with van der Waals surface area (Å²) < 4.78 is 6.34. The Balaban J connectivity index is 1.59. The minimum Gasteiger partial charge on any atom is -0.422 e. The molecule has 0 N–H and O–H groups in total. The third-order valence-electron chi connectivity index (χ3n) is 4.95. The van der Waals surface area contributed by atoms with Crippen molar-refractivity contribution < 1.29 is 4.42 Å². The lowest BCUT2D eigenvalue weighted by atomic mass is 10.0. The lowest BCUT2D eigenvalue weighted by molar-refractivity contribution is 0.563. The van der Waals surface area contributed by atoms with E-state index in [1.165, 1.54) is 11.3 Å². The van der Waals surface area contributed by atoms with Crippen LogP contribution in [0.5, 0.6) is 0 Å². The fourth-order valence-electron chi connectivity index (χ4n) is 3.47. The topological polar surface area (TPSA) is 66.9 Å². The Kier molecular flexibility index (Phi) is 4.99. The number of benzene rings is 3. The van der Waals surface area contributed by atoms with Crippen LogP contribution in [0.25, 0.3) is 44.6 Å². The van der Waals surface area contributed by atoms with E-state index in [1.807, 2.05) is 60.7 Å². The molecule has 6 heteroatoms. The Bertz CT molecular complexity index is 1590. The summed E-state index contributed by atoms with van der Waals surface area (Å²) in [7, 11) is 0. The number of nitrogens with zero attached hydrogens (tertiary/aromatic N) is 2. The van der Waals surface area contributed by atoms with E-state index >= 15 is 0 Å². The Morgan fingerprint density at radius 3 is 2.77 bits per heavy atom. The van der Waals surface area contributed by atoms with Crippen molar-refractivity contribution in [2.24, 2.45) is 0 Å². The van der Waals surface area contributed by atoms with Gasteiger partial charge in [-0.15, -0.1) is 11.3 Å². The highest BCUT2D eigenvalue weighted by molar-refractivity contribution is 9.10. The average Bonchev–Trinajstić information content (AvgIpc) is 3.27. The van der Waals surface area contributed by atoms with Crippen molar-refractivity contribution in [2.75, 3.05) is 0 Å². The van der Waals surface area contributed by atoms with Crippen LogP contribution in [0.15, 0.2) is 85.8 Å². The van der Waals surface area contributed by atoms with Crippen LogP contribution in [0.2, 0.25) is 0 Å². The number of thiazole rings is 1. The molecule has 0 aliphatic rings. The Hall–Kier alpha value is -3.53. The van der Waals surface area contributed by atoms with E-state index in [2.05, 4.69) is 27.0 Å². The van der Waals surface area contributed by atoms with E-state index in [9.17, 15) is 10.1 Å². The summed E-state index contributed by atoms with van der Waals surface area (Å²) in [6.07, 6.45) is 1.84. The molecule has 0 spiro atoms. The summed E-state index contributed by atoms with van der Waals surface area (Å²) in [5.74, 6) is 0. The number of hydrogen-bond acceptors (Lipinski definition) is 5. The standard InChI is InChI=1S/C25H13BrN2O2S/c26-19-8-9-23-17(11-19)12-21(25(29)30-23)22-14-31-24(28-22)18(13-27)10-16-6-3-5-15-4-1-2-7-20(15)16/h1-12,14H/b18-10+. The Labute approximate surface area is 189 Å². The van der Waals surface area contributed by atoms with Crippen molar-refractivity contribution >= 4 is 60.7 Å². The van der Waals surface area contributed by atoms with Crippen molar-refractivity contribution in [3.8, 4) is 17.3 Å². The minimum atomic E-state index is -0.455. The molecule has 2 heterocycles. The molecule has 0 radical (unpaired) electrons. The van der Waals surface area contributed by atoms with E-state index in [-0.39, 0.29) is 0 Å². The Morgan fingerprint density at radius 1 is 1.06 bits per heavy atom. The normalized spacial score (nSPS) is 11.7. The SMILES string of the molecule is N#C/C(=C\c1cccc2ccccc12)c1nc(-c2cc3cc(Br)ccc3oc2=O)cs1. The van der Waals surface area contributed by atoms with Crippen LogP contribution < -0.4 is 5.63 Å². The lowest BCUT2D eigenvalue weighted by Gasteiger charge is -2.02. The first-order valence-electron chi connectivity index (χ1n) is 9.41. The predicted octanol–water partition coefficient (Wildman–Crippen LogP) is 6.90. The van der Waals surface area contributed by atoms with Gasteiger partial charge in [-0.2, -0.15) is 5.26 Å². The molecule has 2 aromatic heterocycles. The van der Waals surface area contributed by atoms with Gasteiger partial charge in [0.05, 0.1) is 16.8 Å². The van der Waals surface area contributed by atoms with Crippen molar-refractivity contribution in [1.82, 2.24) is 4.98 Å². The van der Waals surface area contributed by atoms with E-state index in [1.54, 1.807) is 17.5 Å². The molecule has 0 bridgehead atoms. The zero-order valence-electron chi connectivity index (χ0n) is 16.0. The fraction of sp³-hybridized carbons (Fsp3) is 0. The average molecular weight is 485 g/mol. The van der Waals surface area contributed by atoms with Crippen LogP contribution in [0.3, 0.4) is 0 Å². The van der Waals surface area contributed by atoms with Gasteiger partial charge in [-0.05, 0) is 46.7 Å². The number of nitriles is 1. The van der Waals surface area contributed by atoms with Gasteiger partial charge in [0.2, 0.25) is 0 Å². The molecule has 0 unspecified atom stereocenters. The molecule has 4 nitrogen and oxygen atoms in total. The molecule has 0 aliphatic carbocycles. The van der Waals surface area contributed by atoms with Crippen LogP contribution in [0.1, 0.15) is 10.6 Å². The summed E-state index contributed by atoms with van der Waals surface area (Å²) >= 11 is 4.76. The predicted molar refractivity (Wildman–Crippen MR) is 129 cm³/mol. The number of halogens is 1. The van der Waals surface area contributed by atoms with Crippen LogP contribution in [0.4, 0.5) is 0 Å². The third-order valence-corrected chi connectivity index (χ3v) is 6.32. The second-order valence-corrected chi connectivity index (χ2v) is 8.68. The van der Waals surface area contributed by atoms with Gasteiger partial charge in [-0.1, -0.05) is 58.4 Å². The van der Waals surface area contributed by atoms with Crippen molar-refractivity contribution in [3.05, 3.63) is 97.6 Å². The summed E-state index contributed by atoms with van der Waals surface area (Å²) in [5.41, 5.74) is 2.32. The van der Waals surface area contributed by atoms with Gasteiger partial charge >= 0.3 is 5.63 Å². The molecule has 0 fully saturated rings. The van der Waals surface area contributed by atoms with E-state index in [0.717, 1.165) is 26.2 Å². The van der Waals surface area contributed by atoms with Gasteiger partial charge in [0.15, 0.2) is 0 Å². The second kappa shape index (κ2) is 7.95. The molecule has 3 aromatic carbocycles. The largest absolute Gasteiger partial charge is 0.422 e. The molecule has 0 amide bonds. The molecule has 31 heavy (non-hydrogen) atoms. The van der Waals surface area contributed by atoms with Gasteiger partial charge in [0, 0.05) is 15.2 Å². The van der Waals surface area contributed by atoms with Gasteiger partial charge in [-0.3, -0.25) is 0 Å². The van der Waals surface area contributed by atoms with Gasteiger partial charge in [0.1, 0.15) is 16.7 Å². The lowest BCUT2D eigenvalue weighted by Crippen LogP contribution is -2.02. The summed E-state index contributed by atoms with van der Waals surface area (Å²) in [6.45, 7) is 0. The first-order valence-corrected chi connectivity index (χ1v) is 11.1. The maximum absolute atomic E-state index is 12.5. The zero-order valence-corrected chi connectivity index (χ0v) is 18.4. The fourth-order valence-corrected chi connectivity index (χ4v) is 4.63. The Morgan fingerprint density at radius 2 is 1.90 bits per heavy atom. The molecular weight excluding hydrogens is 472 g/mol. The third kappa shape index (κ3) is 3.70. The summed E-state index contributed by atoms with van der Waals surface area (Å²) in [5, 5.41) is 15.1. The van der Waals surface area contributed by atoms with Crippen molar-refractivity contribution in [3.63, 3.8) is 0 Å². The summed E-state index contributed by atoms with van der Waals surface area (Å²) in [6, 6.07) is 23.5. The maximum Gasteiger partial charge on any atom is 0.345 e. The van der Waals surface area contributed by atoms with Crippen LogP contribution >= 0.6 is 27.3 Å². The highest BCUT2D eigenvalue weighted by atomic mass is 79.9. The molecular formula is C25H13BrN2O2S. The van der Waals surface area contributed by atoms with E-state index in [0.29, 0.717) is 27.4 Å². The van der Waals surface area contributed by atoms with Gasteiger partial charge in [0.25, 0.3) is 0 Å². The molecule has 5 aromatic rings. The highest BCUT2D eigenvalue weighted by Crippen LogP contribution is 2.29. The first kappa shape index (κ1) is 19.4. The maximum atomic E-state index is 12.5.